The van der Waals surface area contributed by atoms with Gasteiger partial charge in [0.25, 0.3) is 0 Å². The van der Waals surface area contributed by atoms with Gasteiger partial charge in [-0.25, -0.2) is 4.79 Å². The van der Waals surface area contributed by atoms with Gasteiger partial charge in [0.1, 0.15) is 6.54 Å². The maximum atomic E-state index is 13.1. The second-order valence-electron chi connectivity index (χ2n) is 7.17. The van der Waals surface area contributed by atoms with Gasteiger partial charge in [0, 0.05) is 22.5 Å². The number of piperidine rings is 1. The topological polar surface area (TPSA) is 63.6 Å². The van der Waals surface area contributed by atoms with Crippen molar-refractivity contribution >= 4 is 16.9 Å². The Morgan fingerprint density at radius 2 is 2.20 bits per heavy atom. The van der Waals surface area contributed by atoms with Crippen LogP contribution >= 0.6 is 0 Å². The molecule has 0 radical (unpaired) electrons. The van der Waals surface area contributed by atoms with Crippen LogP contribution in [0, 0.1) is 12.8 Å². The Morgan fingerprint density at radius 1 is 1.40 bits per heavy atom. The lowest BCUT2D eigenvalue weighted by Crippen LogP contribution is -3.12. The number of hydrogen-bond donors (Lipinski definition) is 2. The highest BCUT2D eigenvalue weighted by molar-refractivity contribution is 5.94. The van der Waals surface area contributed by atoms with E-state index in [1.165, 1.54) is 17.7 Å². The molecule has 2 N–H and O–H groups in total. The van der Waals surface area contributed by atoms with Crippen LogP contribution in [0.25, 0.3) is 10.9 Å². The first kappa shape index (κ1) is 17.7. The quantitative estimate of drug-likeness (QED) is 0.833. The van der Waals surface area contributed by atoms with Gasteiger partial charge in [-0.05, 0) is 44.9 Å². The fourth-order valence-electron chi connectivity index (χ4n) is 3.81. The molecule has 0 spiro atoms. The van der Waals surface area contributed by atoms with E-state index in [0.29, 0.717) is 23.5 Å². The average Bonchev–Trinajstić information content (AvgIpc) is 2.58. The van der Waals surface area contributed by atoms with E-state index in [-0.39, 0.29) is 11.4 Å². The van der Waals surface area contributed by atoms with E-state index in [9.17, 15) is 9.59 Å². The number of aryl methyl sites for hydroxylation is 1. The van der Waals surface area contributed by atoms with E-state index in [2.05, 4.69) is 11.9 Å². The molecule has 1 aromatic carbocycles. The normalized spacial score (nSPS) is 20.6. The van der Waals surface area contributed by atoms with Crippen molar-refractivity contribution in [3.8, 4) is 0 Å². The summed E-state index contributed by atoms with van der Waals surface area (Å²) in [6.07, 6.45) is 2.49. The Balaban J connectivity index is 1.98. The molecule has 3 rings (SSSR count). The van der Waals surface area contributed by atoms with Gasteiger partial charge in [0.05, 0.1) is 30.8 Å². The number of esters is 1. The summed E-state index contributed by atoms with van der Waals surface area (Å²) in [5, 5.41) is 0.565. The number of ether oxygens (including phenoxy) is 1. The molecule has 0 amide bonds. The molecular formula is C20H27N2O3+. The predicted molar refractivity (Wildman–Crippen MR) is 98.1 cm³/mol. The number of nitrogens with one attached hydrogen (secondary N) is 2. The van der Waals surface area contributed by atoms with Crippen LogP contribution in [0.5, 0.6) is 0 Å². The average molecular weight is 343 g/mol. The van der Waals surface area contributed by atoms with Crippen molar-refractivity contribution in [2.45, 2.75) is 40.2 Å². The zero-order chi connectivity index (χ0) is 18.0. The minimum Gasteiger partial charge on any atom is -0.462 e. The third-order valence-corrected chi connectivity index (χ3v) is 5.12. The Labute approximate surface area is 148 Å². The van der Waals surface area contributed by atoms with Crippen LogP contribution in [0.3, 0.4) is 0 Å². The van der Waals surface area contributed by atoms with E-state index < -0.39 is 0 Å². The highest BCUT2D eigenvalue weighted by Crippen LogP contribution is 2.15. The molecule has 0 aliphatic carbocycles. The molecule has 134 valence electrons. The van der Waals surface area contributed by atoms with Crippen LogP contribution in [0.4, 0.5) is 0 Å². The van der Waals surface area contributed by atoms with Crippen molar-refractivity contribution in [1.29, 1.82) is 0 Å². The monoisotopic (exact) mass is 343 g/mol. The van der Waals surface area contributed by atoms with E-state index in [1.807, 2.05) is 6.92 Å². The zero-order valence-corrected chi connectivity index (χ0v) is 15.3. The summed E-state index contributed by atoms with van der Waals surface area (Å²) < 4.78 is 5.05. The van der Waals surface area contributed by atoms with Crippen molar-refractivity contribution in [2.24, 2.45) is 5.92 Å². The fourth-order valence-corrected chi connectivity index (χ4v) is 3.81. The van der Waals surface area contributed by atoms with Gasteiger partial charge in [0.2, 0.25) is 0 Å². The lowest BCUT2D eigenvalue weighted by molar-refractivity contribution is -0.922. The maximum Gasteiger partial charge on any atom is 0.338 e. The molecule has 1 aliphatic rings. The lowest BCUT2D eigenvalue weighted by atomic mass is 9.99. The number of quaternary nitrogens is 1. The number of carbonyl (C=O) groups is 1. The van der Waals surface area contributed by atoms with Crippen LogP contribution in [-0.2, 0) is 11.3 Å². The molecule has 1 aliphatic heterocycles. The van der Waals surface area contributed by atoms with Crippen LogP contribution in [0.2, 0.25) is 0 Å². The van der Waals surface area contributed by atoms with Crippen molar-refractivity contribution in [2.75, 3.05) is 19.7 Å². The fraction of sp³-hybridized carbons (Fsp3) is 0.500. The molecule has 2 aromatic rings. The largest absolute Gasteiger partial charge is 0.462 e. The van der Waals surface area contributed by atoms with E-state index in [0.717, 1.165) is 36.4 Å². The van der Waals surface area contributed by atoms with Crippen molar-refractivity contribution < 1.29 is 14.4 Å². The van der Waals surface area contributed by atoms with Crippen molar-refractivity contribution in [1.82, 2.24) is 4.98 Å². The van der Waals surface area contributed by atoms with Gasteiger partial charge < -0.3 is 14.6 Å². The molecule has 1 aromatic heterocycles. The minimum absolute atomic E-state index is 0.0307. The molecule has 1 fully saturated rings. The number of aromatic amines is 1. The molecule has 1 saturated heterocycles. The highest BCUT2D eigenvalue weighted by Gasteiger charge is 2.22. The summed E-state index contributed by atoms with van der Waals surface area (Å²) in [6.45, 7) is 9.30. The first-order valence-electron chi connectivity index (χ1n) is 9.15. The highest BCUT2D eigenvalue weighted by atomic mass is 16.5. The molecule has 0 bridgehead atoms. The van der Waals surface area contributed by atoms with Gasteiger partial charge in [-0.2, -0.15) is 0 Å². The molecule has 2 heterocycles. The standard InChI is InChI=1S/C20H26N2O3/c1-4-25-20(24)15-7-8-18-16(10-15)19(23)17(14(3)21-18)12-22-9-5-6-13(2)11-22/h7-8,10,13H,4-6,9,11-12H2,1-3H3,(H,21,23)/p+1/t13-/m0/s1. The number of pyridine rings is 1. The summed E-state index contributed by atoms with van der Waals surface area (Å²) in [5.41, 5.74) is 2.97. The maximum absolute atomic E-state index is 13.1. The van der Waals surface area contributed by atoms with Crippen LogP contribution in [0.15, 0.2) is 23.0 Å². The van der Waals surface area contributed by atoms with Gasteiger partial charge in [0.15, 0.2) is 5.43 Å². The summed E-state index contributed by atoms with van der Waals surface area (Å²) in [6, 6.07) is 5.14. The molecule has 5 nitrogen and oxygen atoms in total. The molecular weight excluding hydrogens is 316 g/mol. The molecule has 1 unspecified atom stereocenters. The molecule has 0 saturated carbocycles. The second kappa shape index (κ2) is 7.40. The molecule has 5 heteroatoms. The number of benzene rings is 1. The van der Waals surface area contributed by atoms with Gasteiger partial charge >= 0.3 is 5.97 Å². The van der Waals surface area contributed by atoms with Gasteiger partial charge in [-0.3, -0.25) is 4.79 Å². The SMILES string of the molecule is CCOC(=O)c1ccc2[nH]c(C)c(C[NH+]3CCC[C@H](C)C3)c(=O)c2c1. The number of H-pyrrole nitrogens is 1. The summed E-state index contributed by atoms with van der Waals surface area (Å²) in [5.74, 6) is 0.320. The summed E-state index contributed by atoms with van der Waals surface area (Å²) in [7, 11) is 0. The van der Waals surface area contributed by atoms with Crippen molar-refractivity contribution in [3.05, 3.63) is 45.2 Å². The Hall–Kier alpha value is -2.14. The van der Waals surface area contributed by atoms with Crippen LogP contribution in [0.1, 0.15) is 48.3 Å². The second-order valence-corrected chi connectivity index (χ2v) is 7.17. The van der Waals surface area contributed by atoms with E-state index >= 15 is 0 Å². The van der Waals surface area contributed by atoms with Crippen LogP contribution in [-0.4, -0.2) is 30.6 Å². The predicted octanol–water partition coefficient (Wildman–Crippen LogP) is 1.83. The molecule has 25 heavy (non-hydrogen) atoms. The summed E-state index contributed by atoms with van der Waals surface area (Å²) >= 11 is 0. The van der Waals surface area contributed by atoms with E-state index in [4.69, 9.17) is 4.74 Å². The lowest BCUT2D eigenvalue weighted by Gasteiger charge is -2.28. The van der Waals surface area contributed by atoms with Gasteiger partial charge in [-0.1, -0.05) is 6.92 Å². The number of fused-ring (bicyclic) bond motifs is 1. The van der Waals surface area contributed by atoms with Crippen LogP contribution < -0.4 is 10.3 Å². The third kappa shape index (κ3) is 3.76. The minimum atomic E-state index is -0.388. The van der Waals surface area contributed by atoms with E-state index in [1.54, 1.807) is 25.1 Å². The third-order valence-electron chi connectivity index (χ3n) is 5.12. The van der Waals surface area contributed by atoms with Gasteiger partial charge in [-0.15, -0.1) is 0 Å². The summed E-state index contributed by atoms with van der Waals surface area (Å²) in [4.78, 5) is 29.8. The molecule has 2 atom stereocenters. The number of hydrogen-bond acceptors (Lipinski definition) is 3. The first-order valence-corrected chi connectivity index (χ1v) is 9.15. The number of carbonyl (C=O) groups excluding carboxylic acids is 1. The number of rotatable bonds is 4. The first-order chi connectivity index (χ1) is 12.0. The Bertz CT molecular complexity index is 841. The smallest absolute Gasteiger partial charge is 0.338 e. The number of likely N-dealkylation sites (tertiary alicyclic amines) is 1. The van der Waals surface area contributed by atoms with Crippen molar-refractivity contribution in [3.63, 3.8) is 0 Å². The Kier molecular flexibility index (Phi) is 5.23. The zero-order valence-electron chi connectivity index (χ0n) is 15.3. The Morgan fingerprint density at radius 3 is 2.92 bits per heavy atom. The number of aromatic nitrogens is 1.